The van der Waals surface area contributed by atoms with Gasteiger partial charge in [0.1, 0.15) is 0 Å². The van der Waals surface area contributed by atoms with Crippen LogP contribution in [0.5, 0.6) is 0 Å². The van der Waals surface area contributed by atoms with Crippen LogP contribution in [0.1, 0.15) is 35.7 Å². The van der Waals surface area contributed by atoms with Gasteiger partial charge >= 0.3 is 0 Å². The molecule has 1 aromatic carbocycles. The fourth-order valence-electron chi connectivity index (χ4n) is 2.70. The highest BCUT2D eigenvalue weighted by Gasteiger charge is 2.29. The Labute approximate surface area is 153 Å². The molecule has 8 nitrogen and oxygen atoms in total. The average Bonchev–Trinajstić information content (AvgIpc) is 3.07. The third kappa shape index (κ3) is 6.03. The standard InChI is InChI=1S/C18H27N5O3/c1-18(8-3-9-26-18)12-23-17(20-2)22-10-13-4-6-14(7-5-13)16(25)21-11-15(19)24/h4-7H,3,8-12H2,1-2H3,(H2,19,24)(H,21,25)(H2,20,22,23). The summed E-state index contributed by atoms with van der Waals surface area (Å²) in [6, 6.07) is 7.11. The van der Waals surface area contributed by atoms with Gasteiger partial charge < -0.3 is 26.4 Å². The minimum Gasteiger partial charge on any atom is -0.373 e. The van der Waals surface area contributed by atoms with E-state index in [4.69, 9.17) is 10.5 Å². The largest absolute Gasteiger partial charge is 0.373 e. The SMILES string of the molecule is CN=C(NCc1ccc(C(=O)NCC(N)=O)cc1)NCC1(C)CCCO1. The summed E-state index contributed by atoms with van der Waals surface area (Å²) in [7, 11) is 1.72. The van der Waals surface area contributed by atoms with Gasteiger partial charge in [-0.25, -0.2) is 0 Å². The lowest BCUT2D eigenvalue weighted by Crippen LogP contribution is -2.45. The first-order valence-electron chi connectivity index (χ1n) is 8.66. The number of rotatable bonds is 7. The number of amides is 2. The second-order valence-corrected chi connectivity index (χ2v) is 6.53. The highest BCUT2D eigenvalue weighted by Crippen LogP contribution is 2.23. The third-order valence-corrected chi connectivity index (χ3v) is 4.25. The Balaban J connectivity index is 1.80. The number of primary amides is 1. The van der Waals surface area contributed by atoms with E-state index in [9.17, 15) is 9.59 Å². The molecule has 0 radical (unpaired) electrons. The molecule has 0 aliphatic carbocycles. The molecule has 1 atom stereocenters. The van der Waals surface area contributed by atoms with E-state index < -0.39 is 5.91 Å². The molecule has 1 heterocycles. The molecule has 2 amide bonds. The monoisotopic (exact) mass is 361 g/mol. The van der Waals surface area contributed by atoms with Crippen molar-refractivity contribution in [2.24, 2.45) is 10.7 Å². The number of hydrogen-bond acceptors (Lipinski definition) is 4. The van der Waals surface area contributed by atoms with Gasteiger partial charge in [0.25, 0.3) is 5.91 Å². The van der Waals surface area contributed by atoms with Crippen molar-refractivity contribution in [1.29, 1.82) is 0 Å². The average molecular weight is 361 g/mol. The second kappa shape index (κ2) is 9.19. The van der Waals surface area contributed by atoms with Gasteiger partial charge in [0.05, 0.1) is 12.1 Å². The van der Waals surface area contributed by atoms with E-state index in [1.165, 1.54) is 0 Å². The lowest BCUT2D eigenvalue weighted by atomic mass is 10.0. The number of aliphatic imine (C=N–C) groups is 1. The lowest BCUT2D eigenvalue weighted by molar-refractivity contribution is -0.117. The number of carbonyl (C=O) groups is 2. The first kappa shape index (κ1) is 19.7. The van der Waals surface area contributed by atoms with Crippen molar-refractivity contribution in [1.82, 2.24) is 16.0 Å². The molecule has 1 aliphatic rings. The van der Waals surface area contributed by atoms with Crippen LogP contribution in [0.4, 0.5) is 0 Å². The van der Waals surface area contributed by atoms with Crippen molar-refractivity contribution in [3.63, 3.8) is 0 Å². The molecule has 1 saturated heterocycles. The summed E-state index contributed by atoms with van der Waals surface area (Å²) in [6.07, 6.45) is 2.12. The molecule has 0 spiro atoms. The number of benzene rings is 1. The summed E-state index contributed by atoms with van der Waals surface area (Å²) in [5.41, 5.74) is 6.35. The molecule has 8 heteroatoms. The topological polar surface area (TPSA) is 118 Å². The molecule has 0 aromatic heterocycles. The van der Waals surface area contributed by atoms with Crippen molar-refractivity contribution in [3.05, 3.63) is 35.4 Å². The Bertz CT molecular complexity index is 651. The summed E-state index contributed by atoms with van der Waals surface area (Å²) >= 11 is 0. The van der Waals surface area contributed by atoms with Gasteiger partial charge in [0.2, 0.25) is 5.91 Å². The van der Waals surface area contributed by atoms with Crippen molar-refractivity contribution in [2.45, 2.75) is 31.9 Å². The smallest absolute Gasteiger partial charge is 0.251 e. The molecule has 5 N–H and O–H groups in total. The molecular formula is C18H27N5O3. The zero-order valence-corrected chi connectivity index (χ0v) is 15.3. The molecule has 0 saturated carbocycles. The van der Waals surface area contributed by atoms with Crippen LogP contribution in [0.3, 0.4) is 0 Å². The number of carbonyl (C=O) groups excluding carboxylic acids is 2. The minimum atomic E-state index is -0.574. The van der Waals surface area contributed by atoms with Crippen molar-refractivity contribution in [2.75, 3.05) is 26.7 Å². The zero-order chi connectivity index (χ0) is 19.0. The van der Waals surface area contributed by atoms with Crippen LogP contribution in [0.25, 0.3) is 0 Å². The van der Waals surface area contributed by atoms with E-state index in [-0.39, 0.29) is 18.1 Å². The molecule has 1 aliphatic heterocycles. The van der Waals surface area contributed by atoms with E-state index in [0.717, 1.165) is 25.0 Å². The normalized spacial score (nSPS) is 19.8. The van der Waals surface area contributed by atoms with Crippen LogP contribution in [0.2, 0.25) is 0 Å². The maximum absolute atomic E-state index is 11.8. The number of hydrogen-bond donors (Lipinski definition) is 4. The first-order chi connectivity index (χ1) is 12.4. The van der Waals surface area contributed by atoms with Crippen molar-refractivity contribution < 1.29 is 14.3 Å². The molecule has 1 fully saturated rings. The molecule has 0 bridgehead atoms. The van der Waals surface area contributed by atoms with Crippen LogP contribution in [0, 0.1) is 0 Å². The van der Waals surface area contributed by atoms with Crippen LogP contribution < -0.4 is 21.7 Å². The van der Waals surface area contributed by atoms with Crippen LogP contribution in [-0.2, 0) is 16.1 Å². The fourth-order valence-corrected chi connectivity index (χ4v) is 2.70. The van der Waals surface area contributed by atoms with E-state index in [1.54, 1.807) is 19.2 Å². The Hall–Kier alpha value is -2.61. The number of nitrogens with one attached hydrogen (secondary N) is 3. The Morgan fingerprint density at radius 2 is 1.96 bits per heavy atom. The molecule has 26 heavy (non-hydrogen) atoms. The Morgan fingerprint density at radius 1 is 1.23 bits per heavy atom. The first-order valence-corrected chi connectivity index (χ1v) is 8.66. The fraction of sp³-hybridized carbons (Fsp3) is 0.500. The summed E-state index contributed by atoms with van der Waals surface area (Å²) in [6.45, 7) is 4.00. The molecule has 2 rings (SSSR count). The second-order valence-electron chi connectivity index (χ2n) is 6.53. The van der Waals surface area contributed by atoms with E-state index in [2.05, 4.69) is 27.9 Å². The maximum Gasteiger partial charge on any atom is 0.251 e. The van der Waals surface area contributed by atoms with E-state index in [1.807, 2.05) is 12.1 Å². The third-order valence-electron chi connectivity index (χ3n) is 4.25. The summed E-state index contributed by atoms with van der Waals surface area (Å²) in [5, 5.41) is 8.98. The highest BCUT2D eigenvalue weighted by molar-refractivity contribution is 5.96. The van der Waals surface area contributed by atoms with Crippen LogP contribution in [0.15, 0.2) is 29.3 Å². The predicted molar refractivity (Wildman–Crippen MR) is 99.8 cm³/mol. The highest BCUT2D eigenvalue weighted by atomic mass is 16.5. The van der Waals surface area contributed by atoms with Gasteiger partial charge in [-0.3, -0.25) is 14.6 Å². The maximum atomic E-state index is 11.8. The zero-order valence-electron chi connectivity index (χ0n) is 15.3. The minimum absolute atomic E-state index is 0.141. The molecule has 142 valence electrons. The lowest BCUT2D eigenvalue weighted by Gasteiger charge is -2.24. The quantitative estimate of drug-likeness (QED) is 0.407. The van der Waals surface area contributed by atoms with Crippen molar-refractivity contribution in [3.8, 4) is 0 Å². The van der Waals surface area contributed by atoms with E-state index >= 15 is 0 Å². The number of ether oxygens (including phenoxy) is 1. The summed E-state index contributed by atoms with van der Waals surface area (Å²) in [5.74, 6) is -0.203. The van der Waals surface area contributed by atoms with Gasteiger partial charge in [-0.1, -0.05) is 12.1 Å². The molecule has 1 unspecified atom stereocenters. The molecular weight excluding hydrogens is 334 g/mol. The Morgan fingerprint density at radius 3 is 2.54 bits per heavy atom. The molecule has 1 aromatic rings. The van der Waals surface area contributed by atoms with Crippen LogP contribution in [-0.4, -0.2) is 50.1 Å². The summed E-state index contributed by atoms with van der Waals surface area (Å²) in [4.78, 5) is 26.7. The van der Waals surface area contributed by atoms with Gasteiger partial charge in [0, 0.05) is 32.3 Å². The van der Waals surface area contributed by atoms with Gasteiger partial charge in [-0.2, -0.15) is 0 Å². The van der Waals surface area contributed by atoms with Gasteiger partial charge in [-0.15, -0.1) is 0 Å². The Kier molecular flexibility index (Phi) is 6.97. The van der Waals surface area contributed by atoms with E-state index in [0.29, 0.717) is 24.6 Å². The number of nitrogens with zero attached hydrogens (tertiary/aromatic N) is 1. The summed E-state index contributed by atoms with van der Waals surface area (Å²) < 4.78 is 5.76. The van der Waals surface area contributed by atoms with Crippen molar-refractivity contribution >= 4 is 17.8 Å². The van der Waals surface area contributed by atoms with Crippen LogP contribution >= 0.6 is 0 Å². The van der Waals surface area contributed by atoms with Gasteiger partial charge in [0.15, 0.2) is 5.96 Å². The number of nitrogens with two attached hydrogens (primary N) is 1. The van der Waals surface area contributed by atoms with Gasteiger partial charge in [-0.05, 0) is 37.5 Å². The predicted octanol–water partition coefficient (Wildman–Crippen LogP) is 0.136. The number of guanidine groups is 1.